The molecule has 5 nitrogen and oxygen atoms in total. The molecule has 2 unspecified atom stereocenters. The number of carboxylic acids is 1. The molecular weight excluding hydrogens is 268 g/mol. The van der Waals surface area contributed by atoms with Crippen molar-refractivity contribution in [2.45, 2.75) is 6.92 Å². The zero-order valence-corrected chi connectivity index (χ0v) is 11.2. The Bertz CT molecular complexity index is 519. The van der Waals surface area contributed by atoms with Gasteiger partial charge in [0.1, 0.15) is 0 Å². The minimum atomic E-state index is -1.12. The van der Waals surface area contributed by atoms with Gasteiger partial charge in [0.2, 0.25) is 5.91 Å². The summed E-state index contributed by atoms with van der Waals surface area (Å²) in [6.07, 6.45) is 0. The van der Waals surface area contributed by atoms with Crippen molar-refractivity contribution >= 4 is 29.2 Å². The molecule has 19 heavy (non-hydrogen) atoms. The molecule has 1 fully saturated rings. The molecule has 0 bridgehead atoms. The summed E-state index contributed by atoms with van der Waals surface area (Å²) in [5.41, 5.74) is 0.278. The second-order valence-electron chi connectivity index (χ2n) is 4.73. The van der Waals surface area contributed by atoms with E-state index in [4.69, 9.17) is 16.7 Å². The molecule has 0 aliphatic carbocycles. The van der Waals surface area contributed by atoms with Crippen LogP contribution in [-0.2, 0) is 4.79 Å². The maximum absolute atomic E-state index is 12.1. The predicted molar refractivity (Wildman–Crippen MR) is 72.6 cm³/mol. The van der Waals surface area contributed by atoms with Crippen molar-refractivity contribution in [3.05, 3.63) is 28.8 Å². The van der Waals surface area contributed by atoms with E-state index < -0.39 is 5.97 Å². The molecule has 6 heteroatoms. The second kappa shape index (κ2) is 5.59. The minimum absolute atomic E-state index is 0.000501. The molecule has 102 valence electrons. The van der Waals surface area contributed by atoms with Gasteiger partial charge in [-0.25, -0.2) is 4.79 Å². The summed E-state index contributed by atoms with van der Waals surface area (Å²) in [6, 6.07) is 4.40. The molecule has 1 aliphatic rings. The highest BCUT2D eigenvalue weighted by molar-refractivity contribution is 6.31. The van der Waals surface area contributed by atoms with Crippen molar-refractivity contribution < 1.29 is 14.7 Å². The lowest BCUT2D eigenvalue weighted by molar-refractivity contribution is -0.120. The number of carbonyl (C=O) groups is 2. The third-order valence-electron chi connectivity index (χ3n) is 3.32. The number of amides is 1. The Kier molecular flexibility index (Phi) is 4.07. The average Bonchev–Trinajstić information content (AvgIpc) is 2.77. The quantitative estimate of drug-likeness (QED) is 0.790. The fraction of sp³-hybridized carbons (Fsp3) is 0.385. The van der Waals surface area contributed by atoms with Crippen molar-refractivity contribution in [3.8, 4) is 0 Å². The first-order valence-corrected chi connectivity index (χ1v) is 6.41. The summed E-state index contributed by atoms with van der Waals surface area (Å²) in [5, 5.41) is 15.2. The summed E-state index contributed by atoms with van der Waals surface area (Å²) in [4.78, 5) is 23.2. The maximum atomic E-state index is 12.1. The zero-order chi connectivity index (χ0) is 14.0. The third-order valence-corrected chi connectivity index (χ3v) is 3.56. The molecule has 2 rings (SSSR count). The van der Waals surface area contributed by atoms with Crippen LogP contribution < -0.4 is 10.6 Å². The summed E-state index contributed by atoms with van der Waals surface area (Å²) in [6.45, 7) is 3.40. The van der Waals surface area contributed by atoms with Gasteiger partial charge in [0.25, 0.3) is 0 Å². The molecule has 1 aromatic rings. The third kappa shape index (κ3) is 3.05. The summed E-state index contributed by atoms with van der Waals surface area (Å²) in [5.74, 6) is -1.18. The number of hydrogen-bond donors (Lipinski definition) is 3. The lowest BCUT2D eigenvalue weighted by Gasteiger charge is -2.15. The lowest BCUT2D eigenvalue weighted by atomic mass is 9.97. The number of halogens is 1. The fourth-order valence-corrected chi connectivity index (χ4v) is 2.36. The van der Waals surface area contributed by atoms with Crippen LogP contribution in [0.25, 0.3) is 0 Å². The lowest BCUT2D eigenvalue weighted by Crippen LogP contribution is -2.28. The van der Waals surface area contributed by atoms with E-state index in [0.29, 0.717) is 11.6 Å². The second-order valence-corrected chi connectivity index (χ2v) is 5.16. The number of nitrogens with one attached hydrogen (secondary N) is 2. The first-order chi connectivity index (χ1) is 8.99. The average molecular weight is 283 g/mol. The van der Waals surface area contributed by atoms with E-state index in [1.54, 1.807) is 6.07 Å². The maximum Gasteiger partial charge on any atom is 0.337 e. The van der Waals surface area contributed by atoms with Crippen molar-refractivity contribution in [1.82, 2.24) is 5.32 Å². The highest BCUT2D eigenvalue weighted by Crippen LogP contribution is 2.23. The van der Waals surface area contributed by atoms with Gasteiger partial charge in [-0.3, -0.25) is 4.79 Å². The van der Waals surface area contributed by atoms with Crippen molar-refractivity contribution in [2.24, 2.45) is 11.8 Å². The van der Waals surface area contributed by atoms with Crippen LogP contribution in [0.1, 0.15) is 17.3 Å². The van der Waals surface area contributed by atoms with Gasteiger partial charge in [-0.05, 0) is 30.7 Å². The minimum Gasteiger partial charge on any atom is -0.478 e. The van der Waals surface area contributed by atoms with E-state index in [1.165, 1.54) is 12.1 Å². The van der Waals surface area contributed by atoms with Gasteiger partial charge in [-0.2, -0.15) is 0 Å². The van der Waals surface area contributed by atoms with Crippen LogP contribution in [0.4, 0.5) is 5.69 Å². The van der Waals surface area contributed by atoms with Crippen LogP contribution in [0.2, 0.25) is 5.02 Å². The molecule has 0 aromatic heterocycles. The topological polar surface area (TPSA) is 78.4 Å². The molecule has 1 aliphatic heterocycles. The van der Waals surface area contributed by atoms with E-state index in [9.17, 15) is 9.59 Å². The highest BCUT2D eigenvalue weighted by Gasteiger charge is 2.30. The van der Waals surface area contributed by atoms with Gasteiger partial charge in [0.15, 0.2) is 0 Å². The van der Waals surface area contributed by atoms with Gasteiger partial charge >= 0.3 is 5.97 Å². The van der Waals surface area contributed by atoms with Gasteiger partial charge in [-0.1, -0.05) is 18.5 Å². The smallest absolute Gasteiger partial charge is 0.337 e. The first kappa shape index (κ1) is 13.8. The molecule has 1 heterocycles. The Morgan fingerprint density at radius 1 is 1.42 bits per heavy atom. The van der Waals surface area contributed by atoms with Crippen LogP contribution in [0.3, 0.4) is 0 Å². The van der Waals surface area contributed by atoms with Crippen molar-refractivity contribution in [3.63, 3.8) is 0 Å². The van der Waals surface area contributed by atoms with E-state index in [-0.39, 0.29) is 29.0 Å². The van der Waals surface area contributed by atoms with Gasteiger partial charge in [0, 0.05) is 11.6 Å². The molecular formula is C13H15ClN2O3. The van der Waals surface area contributed by atoms with Crippen molar-refractivity contribution in [2.75, 3.05) is 18.4 Å². The Labute approximate surface area is 116 Å². The molecule has 1 aromatic carbocycles. The molecule has 0 saturated carbocycles. The summed E-state index contributed by atoms with van der Waals surface area (Å²) in [7, 11) is 0. The van der Waals surface area contributed by atoms with Crippen LogP contribution in [0.15, 0.2) is 18.2 Å². The Morgan fingerprint density at radius 3 is 2.74 bits per heavy atom. The number of carbonyl (C=O) groups excluding carboxylic acids is 1. The first-order valence-electron chi connectivity index (χ1n) is 6.03. The molecule has 0 radical (unpaired) electrons. The van der Waals surface area contributed by atoms with Crippen LogP contribution >= 0.6 is 11.6 Å². The standard InChI is InChI=1S/C13H15ClN2O3/c1-7-5-15-6-10(7)12(17)16-11-3-2-8(14)4-9(11)13(18)19/h2-4,7,10,15H,5-6H2,1H3,(H,16,17)(H,18,19). The van der Waals surface area contributed by atoms with Gasteiger partial charge in [0.05, 0.1) is 17.2 Å². The predicted octanol–water partition coefficient (Wildman–Crippen LogP) is 1.83. The number of benzene rings is 1. The number of aromatic carboxylic acids is 1. The molecule has 2 atom stereocenters. The highest BCUT2D eigenvalue weighted by atomic mass is 35.5. The Balaban J connectivity index is 2.19. The van der Waals surface area contributed by atoms with Crippen LogP contribution in [-0.4, -0.2) is 30.1 Å². The van der Waals surface area contributed by atoms with E-state index in [1.807, 2.05) is 6.92 Å². The van der Waals surface area contributed by atoms with E-state index in [0.717, 1.165) is 6.54 Å². The molecule has 1 saturated heterocycles. The number of anilines is 1. The van der Waals surface area contributed by atoms with Crippen LogP contribution in [0.5, 0.6) is 0 Å². The SMILES string of the molecule is CC1CNCC1C(=O)Nc1ccc(Cl)cc1C(=O)O. The molecule has 0 spiro atoms. The van der Waals surface area contributed by atoms with E-state index >= 15 is 0 Å². The number of hydrogen-bond acceptors (Lipinski definition) is 3. The Hall–Kier alpha value is -1.59. The number of rotatable bonds is 3. The zero-order valence-electron chi connectivity index (χ0n) is 10.4. The Morgan fingerprint density at radius 2 is 2.16 bits per heavy atom. The fourth-order valence-electron chi connectivity index (χ4n) is 2.19. The number of carboxylic acid groups (broad SMARTS) is 1. The summed E-state index contributed by atoms with van der Waals surface area (Å²) >= 11 is 5.76. The van der Waals surface area contributed by atoms with E-state index in [2.05, 4.69) is 10.6 Å². The summed E-state index contributed by atoms with van der Waals surface area (Å²) < 4.78 is 0. The monoisotopic (exact) mass is 282 g/mol. The normalized spacial score (nSPS) is 22.2. The molecule has 3 N–H and O–H groups in total. The van der Waals surface area contributed by atoms with Gasteiger partial charge in [-0.15, -0.1) is 0 Å². The van der Waals surface area contributed by atoms with Gasteiger partial charge < -0.3 is 15.7 Å². The van der Waals surface area contributed by atoms with Crippen molar-refractivity contribution in [1.29, 1.82) is 0 Å². The largest absolute Gasteiger partial charge is 0.478 e. The van der Waals surface area contributed by atoms with Crippen LogP contribution in [0, 0.1) is 11.8 Å². The molecule has 1 amide bonds.